The van der Waals surface area contributed by atoms with Crippen LogP contribution in [-0.4, -0.2) is 24.4 Å². The number of nitrogens with one attached hydrogen (secondary N) is 1. The highest BCUT2D eigenvalue weighted by Gasteiger charge is 2.07. The number of hydrogen-bond acceptors (Lipinski definition) is 3. The van der Waals surface area contributed by atoms with E-state index in [1.54, 1.807) is 18.2 Å². The van der Waals surface area contributed by atoms with Gasteiger partial charge in [0.15, 0.2) is 0 Å². The molecule has 112 valence electrons. The van der Waals surface area contributed by atoms with Gasteiger partial charge in [0.2, 0.25) is 0 Å². The van der Waals surface area contributed by atoms with Crippen molar-refractivity contribution in [1.29, 1.82) is 0 Å². The van der Waals surface area contributed by atoms with Crippen LogP contribution in [0.25, 0.3) is 0 Å². The van der Waals surface area contributed by atoms with Crippen LogP contribution in [0.5, 0.6) is 5.75 Å². The highest BCUT2D eigenvalue weighted by molar-refractivity contribution is 6.35. The molecule has 0 aromatic heterocycles. The Morgan fingerprint density at radius 1 is 1.10 bits per heavy atom. The van der Waals surface area contributed by atoms with E-state index in [4.69, 9.17) is 27.9 Å². The lowest BCUT2D eigenvalue weighted by Crippen LogP contribution is -2.31. The van der Waals surface area contributed by atoms with Crippen LogP contribution in [0.3, 0.4) is 0 Å². The van der Waals surface area contributed by atoms with Gasteiger partial charge in [0.25, 0.3) is 0 Å². The number of halogens is 2. The summed E-state index contributed by atoms with van der Waals surface area (Å²) in [7, 11) is 0. The summed E-state index contributed by atoms with van der Waals surface area (Å²) >= 11 is 11.8. The summed E-state index contributed by atoms with van der Waals surface area (Å²) < 4.78 is 5.48. The Morgan fingerprint density at radius 2 is 1.86 bits per heavy atom. The third-order valence-corrected chi connectivity index (χ3v) is 3.41. The first kappa shape index (κ1) is 16.1. The van der Waals surface area contributed by atoms with Gasteiger partial charge in [-0.25, -0.2) is 0 Å². The zero-order valence-corrected chi connectivity index (χ0v) is 12.9. The van der Waals surface area contributed by atoms with Crippen molar-refractivity contribution in [2.45, 2.75) is 12.6 Å². The average molecular weight is 326 g/mol. The predicted octanol–water partition coefficient (Wildman–Crippen LogP) is 3.52. The summed E-state index contributed by atoms with van der Waals surface area (Å²) in [5.74, 6) is 0.517. The van der Waals surface area contributed by atoms with Gasteiger partial charge in [0.1, 0.15) is 18.5 Å². The van der Waals surface area contributed by atoms with E-state index in [2.05, 4.69) is 5.32 Å². The lowest BCUT2D eigenvalue weighted by molar-refractivity contribution is 0.106. The molecule has 5 heteroatoms. The Balaban J connectivity index is 1.71. The molecule has 1 atom stereocenters. The van der Waals surface area contributed by atoms with E-state index in [0.29, 0.717) is 28.9 Å². The molecular formula is C16H17Cl2NO2. The Hall–Kier alpha value is -1.26. The maximum Gasteiger partial charge on any atom is 0.138 e. The highest BCUT2D eigenvalue weighted by Crippen LogP contribution is 2.27. The molecule has 0 saturated carbocycles. The van der Waals surface area contributed by atoms with E-state index in [-0.39, 0.29) is 6.61 Å². The van der Waals surface area contributed by atoms with E-state index in [1.807, 2.05) is 30.3 Å². The molecule has 0 bridgehead atoms. The van der Waals surface area contributed by atoms with Crippen molar-refractivity contribution < 1.29 is 9.84 Å². The van der Waals surface area contributed by atoms with E-state index in [9.17, 15) is 5.11 Å². The molecule has 2 aromatic rings. The number of rotatable bonds is 7. The quantitative estimate of drug-likeness (QED) is 0.818. The van der Waals surface area contributed by atoms with Crippen LogP contribution in [0.15, 0.2) is 48.5 Å². The van der Waals surface area contributed by atoms with Gasteiger partial charge in [-0.15, -0.1) is 0 Å². The second-order valence-electron chi connectivity index (χ2n) is 4.66. The maximum absolute atomic E-state index is 9.88. The fourth-order valence-electron chi connectivity index (χ4n) is 1.82. The second kappa shape index (κ2) is 8.25. The zero-order chi connectivity index (χ0) is 15.1. The minimum atomic E-state index is -0.611. The first-order chi connectivity index (χ1) is 10.1. The fourth-order valence-corrected chi connectivity index (χ4v) is 2.28. The molecule has 2 aromatic carbocycles. The molecule has 0 aliphatic heterocycles. The van der Waals surface area contributed by atoms with E-state index < -0.39 is 6.10 Å². The lowest BCUT2D eigenvalue weighted by Gasteiger charge is -2.14. The first-order valence-electron chi connectivity index (χ1n) is 6.65. The van der Waals surface area contributed by atoms with E-state index in [1.165, 1.54) is 5.56 Å². The Bertz CT molecular complexity index is 563. The largest absolute Gasteiger partial charge is 0.489 e. The summed E-state index contributed by atoms with van der Waals surface area (Å²) in [5.41, 5.74) is 1.17. The Kier molecular flexibility index (Phi) is 6.33. The summed E-state index contributed by atoms with van der Waals surface area (Å²) in [6, 6.07) is 15.0. The number of ether oxygens (including phenoxy) is 1. The molecule has 0 spiro atoms. The number of aliphatic hydroxyl groups excluding tert-OH is 1. The minimum absolute atomic E-state index is 0.170. The Labute approximate surface area is 134 Å². The normalized spacial score (nSPS) is 12.1. The van der Waals surface area contributed by atoms with E-state index in [0.717, 1.165) is 0 Å². The molecule has 0 radical (unpaired) electrons. The molecule has 21 heavy (non-hydrogen) atoms. The molecule has 0 heterocycles. The molecule has 2 N–H and O–H groups in total. The van der Waals surface area contributed by atoms with Gasteiger partial charge in [0.05, 0.1) is 5.02 Å². The topological polar surface area (TPSA) is 41.5 Å². The monoisotopic (exact) mass is 325 g/mol. The van der Waals surface area contributed by atoms with Crippen molar-refractivity contribution in [2.75, 3.05) is 13.2 Å². The van der Waals surface area contributed by atoms with E-state index >= 15 is 0 Å². The van der Waals surface area contributed by atoms with Crippen LogP contribution in [0.1, 0.15) is 5.56 Å². The molecule has 0 amide bonds. The first-order valence-corrected chi connectivity index (χ1v) is 7.41. The summed E-state index contributed by atoms with van der Waals surface area (Å²) in [6.45, 7) is 1.32. The third-order valence-electron chi connectivity index (χ3n) is 2.88. The van der Waals surface area contributed by atoms with Gasteiger partial charge < -0.3 is 15.2 Å². The molecule has 3 nitrogen and oxygen atoms in total. The van der Waals surface area contributed by atoms with Crippen LogP contribution in [0.2, 0.25) is 10.0 Å². The van der Waals surface area contributed by atoms with Gasteiger partial charge in [0, 0.05) is 18.1 Å². The van der Waals surface area contributed by atoms with Gasteiger partial charge in [-0.1, -0.05) is 53.5 Å². The Morgan fingerprint density at radius 3 is 2.57 bits per heavy atom. The van der Waals surface area contributed by atoms with Crippen LogP contribution < -0.4 is 10.1 Å². The zero-order valence-electron chi connectivity index (χ0n) is 11.4. The van der Waals surface area contributed by atoms with Crippen LogP contribution in [0, 0.1) is 0 Å². The molecule has 0 unspecified atom stereocenters. The molecule has 0 saturated heterocycles. The molecule has 0 fully saturated rings. The summed E-state index contributed by atoms with van der Waals surface area (Å²) in [5, 5.41) is 14.0. The van der Waals surface area contributed by atoms with Crippen molar-refractivity contribution in [3.63, 3.8) is 0 Å². The van der Waals surface area contributed by atoms with Crippen molar-refractivity contribution in [3.8, 4) is 5.75 Å². The maximum atomic E-state index is 9.88. The van der Waals surface area contributed by atoms with Crippen LogP contribution in [-0.2, 0) is 6.54 Å². The van der Waals surface area contributed by atoms with Gasteiger partial charge in [-0.05, 0) is 23.8 Å². The SMILES string of the molecule is O[C@@H](CNCc1ccccc1)COc1ccc(Cl)cc1Cl. The molecule has 2 rings (SSSR count). The van der Waals surface area contributed by atoms with Crippen molar-refractivity contribution >= 4 is 23.2 Å². The predicted molar refractivity (Wildman–Crippen MR) is 86.1 cm³/mol. The number of hydrogen-bond donors (Lipinski definition) is 2. The van der Waals surface area contributed by atoms with Gasteiger partial charge in [-0.3, -0.25) is 0 Å². The third kappa shape index (κ3) is 5.56. The van der Waals surface area contributed by atoms with Crippen molar-refractivity contribution in [1.82, 2.24) is 5.32 Å². The minimum Gasteiger partial charge on any atom is -0.489 e. The van der Waals surface area contributed by atoms with Crippen molar-refractivity contribution in [3.05, 3.63) is 64.1 Å². The van der Waals surface area contributed by atoms with Crippen molar-refractivity contribution in [2.24, 2.45) is 0 Å². The second-order valence-corrected chi connectivity index (χ2v) is 5.50. The molecular weight excluding hydrogens is 309 g/mol. The average Bonchev–Trinajstić information content (AvgIpc) is 2.47. The summed E-state index contributed by atoms with van der Waals surface area (Å²) in [6.07, 6.45) is -0.611. The smallest absolute Gasteiger partial charge is 0.138 e. The van der Waals surface area contributed by atoms with Crippen LogP contribution in [0.4, 0.5) is 0 Å². The highest BCUT2D eigenvalue weighted by atomic mass is 35.5. The molecule has 0 aliphatic rings. The summed E-state index contributed by atoms with van der Waals surface area (Å²) in [4.78, 5) is 0. The van der Waals surface area contributed by atoms with Gasteiger partial charge in [-0.2, -0.15) is 0 Å². The van der Waals surface area contributed by atoms with Crippen LogP contribution >= 0.6 is 23.2 Å². The standard InChI is InChI=1S/C16H17Cl2NO2/c17-13-6-7-16(15(18)8-13)21-11-14(20)10-19-9-12-4-2-1-3-5-12/h1-8,14,19-20H,9-11H2/t14-/m0/s1. The number of aliphatic hydroxyl groups is 1. The fraction of sp³-hybridized carbons (Fsp3) is 0.250. The molecule has 0 aliphatic carbocycles. The lowest BCUT2D eigenvalue weighted by atomic mass is 10.2. The number of benzene rings is 2. The van der Waals surface area contributed by atoms with Gasteiger partial charge >= 0.3 is 0 Å².